The second-order valence-electron chi connectivity index (χ2n) is 7.02. The van der Waals surface area contributed by atoms with Crippen LogP contribution in [0.4, 0.5) is 4.39 Å². The molecular weight excluding hydrogens is 423 g/mol. The number of carbonyl (C=O) groups is 2. The molecule has 0 spiro atoms. The van der Waals surface area contributed by atoms with Gasteiger partial charge in [0.25, 0.3) is 0 Å². The minimum Gasteiger partial charge on any atom is -0.354 e. The van der Waals surface area contributed by atoms with E-state index in [0.29, 0.717) is 22.9 Å². The third kappa shape index (κ3) is 7.33. The molecule has 0 saturated carbocycles. The van der Waals surface area contributed by atoms with Crippen molar-refractivity contribution in [1.29, 1.82) is 0 Å². The number of rotatable bonds is 11. The average Bonchev–Trinajstić information content (AvgIpc) is 2.74. The summed E-state index contributed by atoms with van der Waals surface area (Å²) in [5.41, 5.74) is 1.33. The number of benzene rings is 2. The second-order valence-corrected chi connectivity index (χ2v) is 8.41. The summed E-state index contributed by atoms with van der Waals surface area (Å²) in [7, 11) is 0. The van der Waals surface area contributed by atoms with Crippen molar-refractivity contribution in [3.8, 4) is 0 Å². The molecule has 2 aromatic rings. The lowest BCUT2D eigenvalue weighted by molar-refractivity contribution is -0.138. The molecule has 0 radical (unpaired) electrons. The van der Waals surface area contributed by atoms with E-state index in [4.69, 9.17) is 11.6 Å². The van der Waals surface area contributed by atoms with Crippen LogP contribution in [0.3, 0.4) is 0 Å². The molecule has 4 nitrogen and oxygen atoms in total. The number of nitrogens with one attached hydrogen (secondary N) is 1. The van der Waals surface area contributed by atoms with Gasteiger partial charge in [-0.2, -0.15) is 0 Å². The first kappa shape index (κ1) is 24.2. The van der Waals surface area contributed by atoms with Gasteiger partial charge in [-0.05, 0) is 31.0 Å². The molecule has 1 N–H and O–H groups in total. The fourth-order valence-corrected chi connectivity index (χ4v) is 4.07. The van der Waals surface area contributed by atoms with Crippen LogP contribution < -0.4 is 5.32 Å². The molecular formula is C23H28ClFN2O2S. The van der Waals surface area contributed by atoms with Gasteiger partial charge in [-0.1, -0.05) is 61.3 Å². The lowest BCUT2D eigenvalue weighted by atomic mass is 10.1. The number of hydrogen-bond donors (Lipinski definition) is 1. The van der Waals surface area contributed by atoms with Crippen molar-refractivity contribution in [2.75, 3.05) is 12.3 Å². The number of nitrogens with zero attached hydrogens (tertiary/aromatic N) is 1. The first-order valence-electron chi connectivity index (χ1n) is 10.1. The summed E-state index contributed by atoms with van der Waals surface area (Å²) in [6.45, 7) is 4.32. The third-order valence-electron chi connectivity index (χ3n) is 4.74. The van der Waals surface area contributed by atoms with Crippen LogP contribution in [0.25, 0.3) is 0 Å². The Morgan fingerprint density at radius 2 is 1.80 bits per heavy atom. The van der Waals surface area contributed by atoms with Crippen LogP contribution in [0.15, 0.2) is 48.5 Å². The first-order chi connectivity index (χ1) is 14.4. The summed E-state index contributed by atoms with van der Waals surface area (Å²) in [5, 5.41) is 3.51. The van der Waals surface area contributed by atoms with Gasteiger partial charge in [-0.3, -0.25) is 9.59 Å². The van der Waals surface area contributed by atoms with E-state index in [0.717, 1.165) is 18.4 Å². The molecule has 30 heavy (non-hydrogen) atoms. The Bertz CT molecular complexity index is 849. The van der Waals surface area contributed by atoms with E-state index in [9.17, 15) is 14.0 Å². The summed E-state index contributed by atoms with van der Waals surface area (Å²) in [6.07, 6.45) is 1.83. The fraction of sp³-hybridized carbons (Fsp3) is 0.391. The summed E-state index contributed by atoms with van der Waals surface area (Å²) < 4.78 is 14.2. The normalized spacial score (nSPS) is 11.7. The lowest BCUT2D eigenvalue weighted by Crippen LogP contribution is -2.48. The molecule has 0 aliphatic rings. The topological polar surface area (TPSA) is 49.4 Å². The van der Waals surface area contributed by atoms with Gasteiger partial charge in [0, 0.05) is 29.4 Å². The van der Waals surface area contributed by atoms with Crippen LogP contribution in [0, 0.1) is 5.82 Å². The Morgan fingerprint density at radius 3 is 2.47 bits per heavy atom. The van der Waals surface area contributed by atoms with Crippen molar-refractivity contribution in [1.82, 2.24) is 10.2 Å². The van der Waals surface area contributed by atoms with E-state index in [-0.39, 0.29) is 24.1 Å². The summed E-state index contributed by atoms with van der Waals surface area (Å²) >= 11 is 7.60. The average molecular weight is 451 g/mol. The van der Waals surface area contributed by atoms with Crippen LogP contribution in [-0.2, 0) is 21.9 Å². The monoisotopic (exact) mass is 450 g/mol. The summed E-state index contributed by atoms with van der Waals surface area (Å²) in [5.74, 6) is -0.0854. The highest BCUT2D eigenvalue weighted by atomic mass is 35.5. The largest absolute Gasteiger partial charge is 0.354 e. The van der Waals surface area contributed by atoms with Crippen LogP contribution in [0.2, 0.25) is 5.02 Å². The van der Waals surface area contributed by atoms with Crippen molar-refractivity contribution in [3.63, 3.8) is 0 Å². The molecule has 2 rings (SSSR count). The number of amides is 2. The van der Waals surface area contributed by atoms with Gasteiger partial charge in [0.05, 0.1) is 5.75 Å². The molecule has 0 aliphatic carbocycles. The van der Waals surface area contributed by atoms with Crippen molar-refractivity contribution >= 4 is 35.2 Å². The molecule has 2 aromatic carbocycles. The Morgan fingerprint density at radius 1 is 1.13 bits per heavy atom. The SMILES string of the molecule is CCCCNC(=O)[C@H](C)N(Cc1ccccc1F)C(=O)CSCc1ccccc1Cl. The Balaban J connectivity index is 2.07. The van der Waals surface area contributed by atoms with Crippen molar-refractivity contribution < 1.29 is 14.0 Å². The number of hydrogen-bond acceptors (Lipinski definition) is 3. The predicted molar refractivity (Wildman–Crippen MR) is 122 cm³/mol. The predicted octanol–water partition coefficient (Wildman–Crippen LogP) is 5.05. The zero-order valence-corrected chi connectivity index (χ0v) is 18.9. The molecule has 162 valence electrons. The van der Waals surface area contributed by atoms with Crippen LogP contribution in [-0.4, -0.2) is 35.1 Å². The van der Waals surface area contributed by atoms with E-state index in [1.165, 1.54) is 22.7 Å². The van der Waals surface area contributed by atoms with Crippen LogP contribution in [0.1, 0.15) is 37.8 Å². The van der Waals surface area contributed by atoms with Gasteiger partial charge < -0.3 is 10.2 Å². The van der Waals surface area contributed by atoms with Crippen LogP contribution in [0.5, 0.6) is 0 Å². The molecule has 0 bridgehead atoms. The molecule has 2 amide bonds. The van der Waals surface area contributed by atoms with Gasteiger partial charge in [0.15, 0.2) is 0 Å². The fourth-order valence-electron chi connectivity index (χ4n) is 2.88. The molecule has 0 heterocycles. The minimum atomic E-state index is -0.699. The number of halogens is 2. The highest BCUT2D eigenvalue weighted by molar-refractivity contribution is 7.99. The van der Waals surface area contributed by atoms with E-state index in [1.54, 1.807) is 25.1 Å². The molecule has 0 fully saturated rings. The van der Waals surface area contributed by atoms with Crippen molar-refractivity contribution in [2.45, 2.75) is 45.0 Å². The first-order valence-corrected chi connectivity index (χ1v) is 11.6. The maximum atomic E-state index is 14.2. The quantitative estimate of drug-likeness (QED) is 0.487. The van der Waals surface area contributed by atoms with E-state index in [2.05, 4.69) is 5.32 Å². The van der Waals surface area contributed by atoms with Gasteiger partial charge >= 0.3 is 0 Å². The van der Waals surface area contributed by atoms with Crippen molar-refractivity contribution in [2.24, 2.45) is 0 Å². The second kappa shape index (κ2) is 12.6. The smallest absolute Gasteiger partial charge is 0.242 e. The molecule has 0 saturated heterocycles. The third-order valence-corrected chi connectivity index (χ3v) is 6.07. The van der Waals surface area contributed by atoms with Gasteiger partial charge in [0.1, 0.15) is 11.9 Å². The Kier molecular flexibility index (Phi) is 10.2. The lowest BCUT2D eigenvalue weighted by Gasteiger charge is -2.29. The maximum Gasteiger partial charge on any atom is 0.242 e. The number of carbonyl (C=O) groups excluding carboxylic acids is 2. The van der Waals surface area contributed by atoms with E-state index in [1.807, 2.05) is 31.2 Å². The molecule has 0 aromatic heterocycles. The highest BCUT2D eigenvalue weighted by Crippen LogP contribution is 2.22. The Hall–Kier alpha value is -2.05. The zero-order chi connectivity index (χ0) is 21.9. The van der Waals surface area contributed by atoms with E-state index < -0.39 is 11.9 Å². The highest BCUT2D eigenvalue weighted by Gasteiger charge is 2.26. The molecule has 7 heteroatoms. The van der Waals surface area contributed by atoms with Crippen LogP contribution >= 0.6 is 23.4 Å². The summed E-state index contributed by atoms with van der Waals surface area (Å²) in [4.78, 5) is 27.0. The maximum absolute atomic E-state index is 14.2. The standard InChI is InChI=1S/C23H28ClFN2O2S/c1-3-4-13-26-23(29)17(2)27(14-18-9-6-8-12-21(18)25)22(28)16-30-15-19-10-5-7-11-20(19)24/h5-12,17H,3-4,13-16H2,1-2H3,(H,26,29)/t17-/m0/s1. The summed E-state index contributed by atoms with van der Waals surface area (Å²) in [6, 6.07) is 13.1. The van der Waals surface area contributed by atoms with Gasteiger partial charge in [-0.15, -0.1) is 11.8 Å². The van der Waals surface area contributed by atoms with Crippen molar-refractivity contribution in [3.05, 3.63) is 70.5 Å². The zero-order valence-electron chi connectivity index (χ0n) is 17.4. The van der Waals surface area contributed by atoms with Gasteiger partial charge in [0.2, 0.25) is 11.8 Å². The van der Waals surface area contributed by atoms with E-state index >= 15 is 0 Å². The number of unbranched alkanes of at least 4 members (excludes halogenated alkanes) is 1. The van der Waals surface area contributed by atoms with Gasteiger partial charge in [-0.25, -0.2) is 4.39 Å². The number of thioether (sulfide) groups is 1. The molecule has 0 aliphatic heterocycles. The molecule has 0 unspecified atom stereocenters. The Labute approximate surface area is 187 Å². The molecule has 1 atom stereocenters. The minimum absolute atomic E-state index is 0.0422.